The van der Waals surface area contributed by atoms with E-state index in [0.29, 0.717) is 26.2 Å². The molecule has 0 aromatic carbocycles. The van der Waals surface area contributed by atoms with E-state index in [2.05, 4.69) is 5.32 Å². The van der Waals surface area contributed by atoms with Gasteiger partial charge in [-0.1, -0.05) is 19.3 Å². The molecule has 1 saturated carbocycles. The molecule has 1 amide bonds. The minimum atomic E-state index is -3.26. The highest BCUT2D eigenvalue weighted by molar-refractivity contribution is 7.88. The molecule has 1 aliphatic rings. The first-order valence-electron chi connectivity index (χ1n) is 7.17. The molecular weight excluding hydrogens is 280 g/mol. The lowest BCUT2D eigenvalue weighted by molar-refractivity contribution is -0.125. The minimum Gasteiger partial charge on any atom is -0.383 e. The molecule has 7 heteroatoms. The summed E-state index contributed by atoms with van der Waals surface area (Å²) in [6, 6.07) is 0. The number of carbonyl (C=O) groups excluding carboxylic acids is 1. The van der Waals surface area contributed by atoms with Crippen LogP contribution in [0.1, 0.15) is 32.1 Å². The molecule has 0 aliphatic heterocycles. The highest BCUT2D eigenvalue weighted by Gasteiger charge is 2.21. The zero-order valence-corrected chi connectivity index (χ0v) is 13.2. The molecule has 1 fully saturated rings. The van der Waals surface area contributed by atoms with Crippen LogP contribution in [0.5, 0.6) is 0 Å². The number of hydrogen-bond donors (Lipinski definition) is 1. The van der Waals surface area contributed by atoms with Crippen LogP contribution in [0.25, 0.3) is 0 Å². The summed E-state index contributed by atoms with van der Waals surface area (Å²) in [4.78, 5) is 11.9. The molecule has 0 aromatic rings. The molecule has 0 radical (unpaired) electrons. The summed E-state index contributed by atoms with van der Waals surface area (Å²) in [7, 11) is -1.72. The number of rotatable bonds is 8. The monoisotopic (exact) mass is 306 g/mol. The van der Waals surface area contributed by atoms with Crippen molar-refractivity contribution in [2.45, 2.75) is 32.1 Å². The maximum absolute atomic E-state index is 11.9. The third kappa shape index (κ3) is 6.19. The van der Waals surface area contributed by atoms with Crippen molar-refractivity contribution in [3.8, 4) is 0 Å². The van der Waals surface area contributed by atoms with Gasteiger partial charge in [-0.3, -0.25) is 4.79 Å². The first-order chi connectivity index (χ1) is 9.45. The van der Waals surface area contributed by atoms with Gasteiger partial charge in [-0.15, -0.1) is 0 Å². The Labute approximate surface area is 121 Å². The maximum atomic E-state index is 11.9. The van der Waals surface area contributed by atoms with Gasteiger partial charge in [0, 0.05) is 32.7 Å². The summed E-state index contributed by atoms with van der Waals surface area (Å²) in [6.07, 6.45) is 6.51. The van der Waals surface area contributed by atoms with Crippen molar-refractivity contribution >= 4 is 15.9 Å². The van der Waals surface area contributed by atoms with Crippen LogP contribution in [-0.2, 0) is 19.6 Å². The Morgan fingerprint density at radius 1 is 1.25 bits per heavy atom. The molecule has 118 valence electrons. The Balaban J connectivity index is 2.34. The number of amides is 1. The number of ether oxygens (including phenoxy) is 1. The fourth-order valence-corrected chi connectivity index (χ4v) is 3.28. The summed E-state index contributed by atoms with van der Waals surface area (Å²) in [6.45, 7) is 1.31. The molecular formula is C13H26N2O4S. The van der Waals surface area contributed by atoms with E-state index < -0.39 is 10.0 Å². The molecule has 20 heavy (non-hydrogen) atoms. The molecule has 6 nitrogen and oxygen atoms in total. The summed E-state index contributed by atoms with van der Waals surface area (Å²) in [5.74, 6) is 0.166. The first-order valence-corrected chi connectivity index (χ1v) is 9.01. The Morgan fingerprint density at radius 2 is 1.90 bits per heavy atom. The number of hydrogen-bond acceptors (Lipinski definition) is 4. The molecule has 1 rings (SSSR count). The van der Waals surface area contributed by atoms with Gasteiger partial charge in [-0.25, -0.2) is 8.42 Å². The lowest BCUT2D eigenvalue weighted by Gasteiger charge is -2.23. The van der Waals surface area contributed by atoms with Crippen molar-refractivity contribution in [1.82, 2.24) is 9.62 Å². The van der Waals surface area contributed by atoms with Gasteiger partial charge in [0.1, 0.15) is 0 Å². The maximum Gasteiger partial charge on any atom is 0.223 e. The average Bonchev–Trinajstić information content (AvgIpc) is 2.42. The lowest BCUT2D eigenvalue weighted by atomic mass is 9.89. The van der Waals surface area contributed by atoms with E-state index in [4.69, 9.17) is 4.74 Å². The first kappa shape index (κ1) is 17.4. The third-order valence-corrected chi connectivity index (χ3v) is 4.95. The molecule has 0 bridgehead atoms. The van der Waals surface area contributed by atoms with E-state index in [9.17, 15) is 13.2 Å². The van der Waals surface area contributed by atoms with Gasteiger partial charge in [0.2, 0.25) is 15.9 Å². The quantitative estimate of drug-likeness (QED) is 0.712. The number of nitrogens with one attached hydrogen (secondary N) is 1. The largest absolute Gasteiger partial charge is 0.383 e. The van der Waals surface area contributed by atoms with Gasteiger partial charge < -0.3 is 10.1 Å². The van der Waals surface area contributed by atoms with Crippen molar-refractivity contribution in [1.29, 1.82) is 0 Å². The van der Waals surface area contributed by atoms with Crippen molar-refractivity contribution in [3.05, 3.63) is 0 Å². The standard InChI is InChI=1S/C13H26N2O4S/c1-19-11-10-15(20(2,17)18)9-8-14-13(16)12-6-4-3-5-7-12/h12H,3-11H2,1-2H3,(H,14,16). The van der Waals surface area contributed by atoms with E-state index >= 15 is 0 Å². The summed E-state index contributed by atoms with van der Waals surface area (Å²) >= 11 is 0. The molecule has 0 atom stereocenters. The highest BCUT2D eigenvalue weighted by atomic mass is 32.2. The Morgan fingerprint density at radius 3 is 2.45 bits per heavy atom. The van der Waals surface area contributed by atoms with Crippen LogP contribution in [-0.4, -0.2) is 58.2 Å². The van der Waals surface area contributed by atoms with Gasteiger partial charge in [-0.2, -0.15) is 4.31 Å². The van der Waals surface area contributed by atoms with Crippen LogP contribution in [0, 0.1) is 5.92 Å². The smallest absolute Gasteiger partial charge is 0.223 e. The predicted octanol–water partition coefficient (Wildman–Crippen LogP) is 0.591. The number of methoxy groups -OCH3 is 1. The van der Waals surface area contributed by atoms with E-state index in [1.165, 1.54) is 24.1 Å². The van der Waals surface area contributed by atoms with E-state index in [1.54, 1.807) is 0 Å². The van der Waals surface area contributed by atoms with Crippen molar-refractivity contribution in [2.75, 3.05) is 39.6 Å². The van der Waals surface area contributed by atoms with Crippen molar-refractivity contribution in [3.63, 3.8) is 0 Å². The fraction of sp³-hybridized carbons (Fsp3) is 0.923. The second-order valence-corrected chi connectivity index (χ2v) is 7.26. The molecule has 0 saturated heterocycles. The van der Waals surface area contributed by atoms with E-state index in [1.807, 2.05) is 0 Å². The van der Waals surface area contributed by atoms with Crippen molar-refractivity contribution in [2.24, 2.45) is 5.92 Å². The molecule has 1 N–H and O–H groups in total. The summed E-state index contributed by atoms with van der Waals surface area (Å²) in [5.41, 5.74) is 0. The van der Waals surface area contributed by atoms with E-state index in [0.717, 1.165) is 25.7 Å². The van der Waals surface area contributed by atoms with Gasteiger partial charge in [0.25, 0.3) is 0 Å². The second-order valence-electron chi connectivity index (χ2n) is 5.28. The normalized spacial score (nSPS) is 17.4. The van der Waals surface area contributed by atoms with Crippen LogP contribution >= 0.6 is 0 Å². The number of nitrogens with zero attached hydrogens (tertiary/aromatic N) is 1. The topological polar surface area (TPSA) is 75.7 Å². The predicted molar refractivity (Wildman–Crippen MR) is 77.9 cm³/mol. The Hall–Kier alpha value is -0.660. The highest BCUT2D eigenvalue weighted by Crippen LogP contribution is 2.23. The molecule has 1 aliphatic carbocycles. The zero-order valence-electron chi connectivity index (χ0n) is 12.4. The summed E-state index contributed by atoms with van der Waals surface area (Å²) in [5, 5.41) is 2.85. The Kier molecular flexibility index (Phi) is 7.47. The van der Waals surface area contributed by atoms with Crippen LogP contribution in [0.3, 0.4) is 0 Å². The minimum absolute atomic E-state index is 0.0601. The zero-order chi connectivity index (χ0) is 15.0. The van der Waals surface area contributed by atoms with Crippen LogP contribution < -0.4 is 5.32 Å². The molecule has 0 heterocycles. The van der Waals surface area contributed by atoms with Gasteiger partial charge >= 0.3 is 0 Å². The molecule has 0 spiro atoms. The lowest BCUT2D eigenvalue weighted by Crippen LogP contribution is -2.41. The summed E-state index contributed by atoms with van der Waals surface area (Å²) < 4.78 is 29.4. The SMILES string of the molecule is COCCN(CCNC(=O)C1CCCCC1)S(C)(=O)=O. The van der Waals surface area contributed by atoms with Gasteiger partial charge in [0.15, 0.2) is 0 Å². The number of carbonyl (C=O) groups is 1. The number of sulfonamides is 1. The fourth-order valence-electron chi connectivity index (χ4n) is 2.45. The van der Waals surface area contributed by atoms with Gasteiger partial charge in [0.05, 0.1) is 12.9 Å². The van der Waals surface area contributed by atoms with Gasteiger partial charge in [-0.05, 0) is 12.8 Å². The second kappa shape index (κ2) is 8.59. The molecule has 0 unspecified atom stereocenters. The molecule has 0 aromatic heterocycles. The average molecular weight is 306 g/mol. The third-order valence-electron chi connectivity index (χ3n) is 3.65. The Bertz CT molecular complexity index is 391. The van der Waals surface area contributed by atoms with E-state index in [-0.39, 0.29) is 11.8 Å². The van der Waals surface area contributed by atoms with Crippen molar-refractivity contribution < 1.29 is 17.9 Å². The van der Waals surface area contributed by atoms with Crippen LogP contribution in [0.15, 0.2) is 0 Å². The van der Waals surface area contributed by atoms with Crippen LogP contribution in [0.4, 0.5) is 0 Å². The van der Waals surface area contributed by atoms with Crippen LogP contribution in [0.2, 0.25) is 0 Å².